The molecule has 0 heterocycles. The highest BCUT2D eigenvalue weighted by molar-refractivity contribution is 5.20. The van der Waals surface area contributed by atoms with Crippen LogP contribution < -0.4 is 0 Å². The Balaban J connectivity index is 2.61. The van der Waals surface area contributed by atoms with E-state index in [1.54, 1.807) is 0 Å². The zero-order valence-electron chi connectivity index (χ0n) is 11.1. The van der Waals surface area contributed by atoms with Gasteiger partial charge in [0.15, 0.2) is 0 Å². The molecule has 0 bridgehead atoms. The van der Waals surface area contributed by atoms with Crippen LogP contribution in [0.5, 0.6) is 0 Å². The van der Waals surface area contributed by atoms with Gasteiger partial charge in [0.1, 0.15) is 11.6 Å². The van der Waals surface area contributed by atoms with E-state index in [1.165, 1.54) is 0 Å². The Morgan fingerprint density at radius 2 is 1.62 bits per heavy atom. The van der Waals surface area contributed by atoms with E-state index in [4.69, 9.17) is 5.11 Å². The summed E-state index contributed by atoms with van der Waals surface area (Å²) >= 11 is 0. The minimum atomic E-state index is -4.43. The Morgan fingerprint density at radius 1 is 1.05 bits per heavy atom. The summed E-state index contributed by atoms with van der Waals surface area (Å²) in [6, 6.07) is 2.49. The van der Waals surface area contributed by atoms with Crippen LogP contribution in [0.1, 0.15) is 18.1 Å². The Bertz CT molecular complexity index is 432. The summed E-state index contributed by atoms with van der Waals surface area (Å²) in [5.41, 5.74) is -0.0385. The summed E-state index contributed by atoms with van der Waals surface area (Å²) in [6.45, 7) is -2.05. The molecule has 0 amide bonds. The van der Waals surface area contributed by atoms with Gasteiger partial charge in [-0.25, -0.2) is 8.78 Å². The number of rotatable bonds is 7. The smallest absolute Gasteiger partial charge is 0.395 e. The van der Waals surface area contributed by atoms with Gasteiger partial charge in [0.05, 0.1) is 19.3 Å². The molecule has 0 spiro atoms. The fourth-order valence-electron chi connectivity index (χ4n) is 1.90. The summed E-state index contributed by atoms with van der Waals surface area (Å²) in [6.07, 6.45) is -5.85. The summed E-state index contributed by atoms with van der Waals surface area (Å²) in [4.78, 5) is 0.916. The molecule has 8 heteroatoms. The average molecular weight is 313 g/mol. The lowest BCUT2D eigenvalue weighted by atomic mass is 10.1. The van der Waals surface area contributed by atoms with Crippen LogP contribution in [0, 0.1) is 11.6 Å². The molecule has 2 N–H and O–H groups in total. The van der Waals surface area contributed by atoms with Crippen LogP contribution in [0.2, 0.25) is 0 Å². The van der Waals surface area contributed by atoms with E-state index in [-0.39, 0.29) is 25.1 Å². The van der Waals surface area contributed by atoms with Gasteiger partial charge in [0, 0.05) is 19.2 Å². The average Bonchev–Trinajstić information content (AvgIpc) is 2.33. The van der Waals surface area contributed by atoms with Crippen LogP contribution in [0.25, 0.3) is 0 Å². The zero-order valence-corrected chi connectivity index (χ0v) is 11.1. The molecule has 3 nitrogen and oxygen atoms in total. The fourth-order valence-corrected chi connectivity index (χ4v) is 1.90. The molecule has 0 aromatic heterocycles. The Hall–Kier alpha value is -1.25. The van der Waals surface area contributed by atoms with E-state index >= 15 is 0 Å². The first kappa shape index (κ1) is 17.8. The maximum atomic E-state index is 13.0. The van der Waals surface area contributed by atoms with Crippen molar-refractivity contribution in [3.8, 4) is 0 Å². The molecule has 0 radical (unpaired) electrons. The molecule has 0 aliphatic rings. The lowest BCUT2D eigenvalue weighted by Gasteiger charge is -2.24. The standard InChI is InChI=1S/C13H16F5NO2/c14-10-5-9(6-11(15)7-10)12(21)1-2-19(3-4-20)8-13(16,17)18/h5-7,12,20-21H,1-4,8H2. The van der Waals surface area contributed by atoms with Gasteiger partial charge in [-0.1, -0.05) is 0 Å². The van der Waals surface area contributed by atoms with E-state index in [1.807, 2.05) is 0 Å². The molecular formula is C13H16F5NO2. The predicted molar refractivity (Wildman–Crippen MR) is 65.5 cm³/mol. The van der Waals surface area contributed by atoms with Gasteiger partial charge >= 0.3 is 6.18 Å². The first-order valence-corrected chi connectivity index (χ1v) is 6.25. The van der Waals surface area contributed by atoms with Crippen molar-refractivity contribution >= 4 is 0 Å². The van der Waals surface area contributed by atoms with Crippen LogP contribution in [0.3, 0.4) is 0 Å². The number of aliphatic hydroxyl groups excluding tert-OH is 2. The van der Waals surface area contributed by atoms with Crippen molar-refractivity contribution in [2.24, 2.45) is 0 Å². The molecule has 1 unspecified atom stereocenters. The SMILES string of the molecule is OCCN(CCC(O)c1cc(F)cc(F)c1)CC(F)(F)F. The zero-order chi connectivity index (χ0) is 16.0. The lowest BCUT2D eigenvalue weighted by molar-refractivity contribution is -0.147. The highest BCUT2D eigenvalue weighted by atomic mass is 19.4. The molecule has 0 aliphatic carbocycles. The van der Waals surface area contributed by atoms with Crippen LogP contribution in [-0.2, 0) is 0 Å². The summed E-state index contributed by atoms with van der Waals surface area (Å²) in [7, 11) is 0. The number of nitrogens with zero attached hydrogens (tertiary/aromatic N) is 1. The van der Waals surface area contributed by atoms with Gasteiger partial charge < -0.3 is 10.2 Å². The Labute approximate surface area is 118 Å². The highest BCUT2D eigenvalue weighted by Crippen LogP contribution is 2.21. The Morgan fingerprint density at radius 3 is 2.10 bits per heavy atom. The van der Waals surface area contributed by atoms with E-state index in [0.29, 0.717) is 6.07 Å². The van der Waals surface area contributed by atoms with E-state index in [2.05, 4.69) is 0 Å². The number of halogens is 5. The van der Waals surface area contributed by atoms with Crippen molar-refractivity contribution in [3.05, 3.63) is 35.4 Å². The summed E-state index contributed by atoms with van der Waals surface area (Å²) in [5, 5.41) is 18.5. The molecule has 0 saturated heterocycles. The third kappa shape index (κ3) is 6.83. The maximum absolute atomic E-state index is 13.0. The van der Waals surface area contributed by atoms with Gasteiger partial charge in [-0.2, -0.15) is 13.2 Å². The van der Waals surface area contributed by atoms with Crippen LogP contribution in [0.15, 0.2) is 18.2 Å². The topological polar surface area (TPSA) is 43.7 Å². The van der Waals surface area contributed by atoms with Gasteiger partial charge in [-0.3, -0.25) is 4.90 Å². The minimum absolute atomic E-state index is 0.0385. The van der Waals surface area contributed by atoms with Crippen LogP contribution >= 0.6 is 0 Å². The first-order valence-electron chi connectivity index (χ1n) is 6.25. The molecule has 0 fully saturated rings. The van der Waals surface area contributed by atoms with Gasteiger partial charge in [-0.15, -0.1) is 0 Å². The van der Waals surface area contributed by atoms with Crippen LogP contribution in [0.4, 0.5) is 22.0 Å². The summed E-state index contributed by atoms with van der Waals surface area (Å²) in [5.74, 6) is -1.74. The lowest BCUT2D eigenvalue weighted by Crippen LogP contribution is -2.37. The number of hydrogen-bond donors (Lipinski definition) is 2. The first-order chi connectivity index (χ1) is 9.71. The normalized spacial score (nSPS) is 13.7. The second-order valence-corrected chi connectivity index (χ2v) is 4.62. The van der Waals surface area contributed by atoms with Crippen molar-refractivity contribution in [2.45, 2.75) is 18.7 Å². The fraction of sp³-hybridized carbons (Fsp3) is 0.538. The van der Waals surface area contributed by atoms with E-state index < -0.39 is 37.1 Å². The van der Waals surface area contributed by atoms with Crippen molar-refractivity contribution < 1.29 is 32.2 Å². The maximum Gasteiger partial charge on any atom is 0.401 e. The minimum Gasteiger partial charge on any atom is -0.395 e. The molecule has 1 aromatic carbocycles. The quantitative estimate of drug-likeness (QED) is 0.759. The van der Waals surface area contributed by atoms with Gasteiger partial charge in [0.25, 0.3) is 0 Å². The Kier molecular flexibility index (Phi) is 6.50. The highest BCUT2D eigenvalue weighted by Gasteiger charge is 2.30. The van der Waals surface area contributed by atoms with Crippen LogP contribution in [-0.4, -0.2) is 47.5 Å². The van der Waals surface area contributed by atoms with Crippen molar-refractivity contribution in [2.75, 3.05) is 26.2 Å². The molecule has 1 atom stereocenters. The molecule has 1 aromatic rings. The molecule has 1 rings (SSSR count). The molecule has 120 valence electrons. The van der Waals surface area contributed by atoms with E-state index in [0.717, 1.165) is 17.0 Å². The second kappa shape index (κ2) is 7.67. The van der Waals surface area contributed by atoms with Crippen molar-refractivity contribution in [1.29, 1.82) is 0 Å². The molecule has 0 aliphatic heterocycles. The number of benzene rings is 1. The molecular weight excluding hydrogens is 297 g/mol. The predicted octanol–water partition coefficient (Wildman–Crippen LogP) is 2.24. The van der Waals surface area contributed by atoms with Crippen molar-refractivity contribution in [1.82, 2.24) is 4.90 Å². The number of aliphatic hydroxyl groups is 2. The second-order valence-electron chi connectivity index (χ2n) is 4.62. The number of alkyl halides is 3. The van der Waals surface area contributed by atoms with E-state index in [9.17, 15) is 27.1 Å². The monoisotopic (exact) mass is 313 g/mol. The summed E-state index contributed by atoms with van der Waals surface area (Å²) < 4.78 is 62.9. The third-order valence-electron chi connectivity index (χ3n) is 2.81. The van der Waals surface area contributed by atoms with Gasteiger partial charge in [-0.05, 0) is 24.1 Å². The van der Waals surface area contributed by atoms with Crippen molar-refractivity contribution in [3.63, 3.8) is 0 Å². The number of hydrogen-bond acceptors (Lipinski definition) is 3. The molecule has 21 heavy (non-hydrogen) atoms. The largest absolute Gasteiger partial charge is 0.401 e. The third-order valence-corrected chi connectivity index (χ3v) is 2.81. The van der Waals surface area contributed by atoms with Gasteiger partial charge in [0.2, 0.25) is 0 Å². The molecule has 0 saturated carbocycles.